The molecule has 2 fully saturated rings. The topological polar surface area (TPSA) is 70.7 Å². The van der Waals surface area contributed by atoms with Gasteiger partial charge in [-0.25, -0.2) is 0 Å². The van der Waals surface area contributed by atoms with Crippen molar-refractivity contribution >= 4 is 35.0 Å². The van der Waals surface area contributed by atoms with E-state index >= 15 is 0 Å². The fourth-order valence-corrected chi connectivity index (χ4v) is 5.10. The molecule has 2 bridgehead atoms. The molecule has 0 aliphatic carbocycles. The zero-order chi connectivity index (χ0) is 22.7. The first-order chi connectivity index (χ1) is 15.4. The molecule has 0 spiro atoms. The summed E-state index contributed by atoms with van der Waals surface area (Å²) in [5.41, 5.74) is 1.57. The van der Waals surface area contributed by atoms with E-state index in [0.29, 0.717) is 28.4 Å². The highest BCUT2D eigenvalue weighted by Gasteiger charge is 2.40. The van der Waals surface area contributed by atoms with E-state index in [9.17, 15) is 9.59 Å². The number of carbonyl (C=O) groups excluding carboxylic acids is 2. The highest BCUT2D eigenvalue weighted by Crippen LogP contribution is 2.37. The Hall–Kier alpha value is -2.28. The molecule has 170 valence electrons. The Balaban J connectivity index is 1.30. The predicted molar refractivity (Wildman–Crippen MR) is 125 cm³/mol. The number of piperidine rings is 1. The Morgan fingerprint density at radius 3 is 2.34 bits per heavy atom. The molecule has 2 aliphatic rings. The van der Waals surface area contributed by atoms with E-state index in [4.69, 9.17) is 27.9 Å². The lowest BCUT2D eigenvalue weighted by Crippen LogP contribution is -2.50. The molecule has 2 N–H and O–H groups in total. The Kier molecular flexibility index (Phi) is 7.23. The van der Waals surface area contributed by atoms with Gasteiger partial charge in [-0.1, -0.05) is 35.3 Å². The number of halogens is 2. The number of hydrogen-bond donors (Lipinski definition) is 2. The highest BCUT2D eigenvalue weighted by molar-refractivity contribution is 6.31. The molecule has 2 aliphatic heterocycles. The van der Waals surface area contributed by atoms with Crippen LogP contribution in [-0.2, 0) is 11.3 Å². The third kappa shape index (κ3) is 5.37. The van der Waals surface area contributed by atoms with Crippen LogP contribution in [0.25, 0.3) is 0 Å². The molecular weight excluding hydrogens is 449 g/mol. The molecule has 2 aromatic rings. The first-order valence-corrected chi connectivity index (χ1v) is 11.6. The monoisotopic (exact) mass is 475 g/mol. The van der Waals surface area contributed by atoms with Crippen LogP contribution in [0.4, 0.5) is 0 Å². The smallest absolute Gasteiger partial charge is 0.258 e. The van der Waals surface area contributed by atoms with Gasteiger partial charge in [0.1, 0.15) is 5.75 Å². The van der Waals surface area contributed by atoms with Gasteiger partial charge in [-0.2, -0.15) is 0 Å². The minimum atomic E-state index is -0.312. The molecule has 8 heteroatoms. The summed E-state index contributed by atoms with van der Waals surface area (Å²) < 4.78 is 5.64. The number of nitrogens with zero attached hydrogens (tertiary/aromatic N) is 1. The summed E-state index contributed by atoms with van der Waals surface area (Å²) in [6.45, 7) is 0.765. The molecule has 4 rings (SSSR count). The maximum absolute atomic E-state index is 12.6. The van der Waals surface area contributed by atoms with Crippen molar-refractivity contribution in [3.8, 4) is 5.75 Å². The van der Waals surface area contributed by atoms with Gasteiger partial charge in [-0.3, -0.25) is 14.5 Å². The minimum Gasteiger partial charge on any atom is -0.483 e. The van der Waals surface area contributed by atoms with Gasteiger partial charge < -0.3 is 15.4 Å². The normalized spacial score (nSPS) is 22.4. The summed E-state index contributed by atoms with van der Waals surface area (Å²) in [6.07, 6.45) is 4.17. The van der Waals surface area contributed by atoms with Crippen LogP contribution in [0.1, 0.15) is 41.6 Å². The number of rotatable bonds is 7. The fourth-order valence-electron chi connectivity index (χ4n) is 4.80. The largest absolute Gasteiger partial charge is 0.483 e. The maximum Gasteiger partial charge on any atom is 0.258 e. The Morgan fingerprint density at radius 2 is 1.69 bits per heavy atom. The summed E-state index contributed by atoms with van der Waals surface area (Å²) in [6, 6.07) is 13.9. The third-order valence-electron chi connectivity index (χ3n) is 6.30. The van der Waals surface area contributed by atoms with Crippen LogP contribution >= 0.6 is 23.2 Å². The van der Waals surface area contributed by atoms with Crippen molar-refractivity contribution in [3.63, 3.8) is 0 Å². The number of ether oxygens (including phenoxy) is 1. The van der Waals surface area contributed by atoms with E-state index in [1.165, 1.54) is 18.7 Å². The second-order valence-electron chi connectivity index (χ2n) is 8.43. The Labute approximate surface area is 198 Å². The van der Waals surface area contributed by atoms with Crippen LogP contribution in [0.3, 0.4) is 0 Å². The molecule has 0 saturated carbocycles. The van der Waals surface area contributed by atoms with E-state index in [1.807, 2.05) is 12.1 Å². The summed E-state index contributed by atoms with van der Waals surface area (Å²) in [5.74, 6) is -0.160. The lowest BCUT2D eigenvalue weighted by atomic mass is 9.96. The van der Waals surface area contributed by atoms with Crippen LogP contribution in [0.5, 0.6) is 5.75 Å². The average molecular weight is 476 g/mol. The fraction of sp³-hybridized carbons (Fsp3) is 0.417. The van der Waals surface area contributed by atoms with Gasteiger partial charge in [0.15, 0.2) is 6.61 Å². The van der Waals surface area contributed by atoms with E-state index in [1.54, 1.807) is 12.1 Å². The maximum atomic E-state index is 12.6. The van der Waals surface area contributed by atoms with Crippen LogP contribution in [0.15, 0.2) is 42.5 Å². The van der Waals surface area contributed by atoms with Gasteiger partial charge in [0.25, 0.3) is 11.8 Å². The van der Waals surface area contributed by atoms with Crippen LogP contribution < -0.4 is 15.4 Å². The Bertz CT molecular complexity index is 969. The Morgan fingerprint density at radius 1 is 1.03 bits per heavy atom. The van der Waals surface area contributed by atoms with Crippen molar-refractivity contribution in [3.05, 3.63) is 63.6 Å². The molecule has 3 atom stereocenters. The minimum absolute atomic E-state index is 0.133. The van der Waals surface area contributed by atoms with Crippen LogP contribution in [0.2, 0.25) is 10.0 Å². The van der Waals surface area contributed by atoms with E-state index in [2.05, 4.69) is 27.7 Å². The second-order valence-corrected chi connectivity index (χ2v) is 9.30. The van der Waals surface area contributed by atoms with Crippen molar-refractivity contribution in [2.75, 3.05) is 13.7 Å². The first-order valence-electron chi connectivity index (χ1n) is 10.9. The quantitative estimate of drug-likeness (QED) is 0.633. The van der Waals surface area contributed by atoms with Crippen LogP contribution in [-0.4, -0.2) is 48.5 Å². The molecule has 2 heterocycles. The third-order valence-corrected chi connectivity index (χ3v) is 6.79. The van der Waals surface area contributed by atoms with Crippen molar-refractivity contribution in [2.45, 2.75) is 50.4 Å². The molecule has 2 aromatic carbocycles. The molecular formula is C24H27Cl2N3O3. The van der Waals surface area contributed by atoms with Gasteiger partial charge in [0, 0.05) is 41.8 Å². The SMILES string of the molecule is CNC(=O)c1cc(Cl)ccc1OCC(=O)NC1C[C@H]2CC[C@@H](C1)N2Cc1ccc(Cl)cc1. The van der Waals surface area contributed by atoms with E-state index in [-0.39, 0.29) is 24.5 Å². The van der Waals surface area contributed by atoms with Crippen LogP contribution in [0, 0.1) is 0 Å². The standard InChI is InChI=1S/C24H27Cl2N3O3/c1-27-24(31)21-10-17(26)6-9-22(21)32-14-23(30)28-18-11-19-7-8-20(12-18)29(19)13-15-2-4-16(25)5-3-15/h2-6,9-10,18-20H,7-8,11-14H2,1H3,(H,27,31)(H,28,30)/t18?,19-,20+. The summed E-state index contributed by atoms with van der Waals surface area (Å²) in [7, 11) is 1.54. The van der Waals surface area contributed by atoms with Crippen molar-refractivity contribution in [2.24, 2.45) is 0 Å². The molecule has 2 saturated heterocycles. The van der Waals surface area contributed by atoms with Gasteiger partial charge in [0.05, 0.1) is 5.56 Å². The first kappa shape index (κ1) is 22.9. The van der Waals surface area contributed by atoms with Gasteiger partial charge in [-0.05, 0) is 61.6 Å². The number of nitrogens with one attached hydrogen (secondary N) is 2. The summed E-state index contributed by atoms with van der Waals surface area (Å²) in [5, 5.41) is 6.86. The lowest BCUT2D eigenvalue weighted by Gasteiger charge is -2.39. The number of hydrogen-bond acceptors (Lipinski definition) is 4. The van der Waals surface area contributed by atoms with E-state index < -0.39 is 0 Å². The summed E-state index contributed by atoms with van der Waals surface area (Å²) in [4.78, 5) is 27.2. The number of carbonyl (C=O) groups is 2. The van der Waals surface area contributed by atoms with Gasteiger partial charge in [-0.15, -0.1) is 0 Å². The van der Waals surface area contributed by atoms with E-state index in [0.717, 1.165) is 37.3 Å². The molecule has 6 nitrogen and oxygen atoms in total. The molecule has 0 aromatic heterocycles. The predicted octanol–water partition coefficient (Wildman–Crippen LogP) is 4.04. The highest BCUT2D eigenvalue weighted by atomic mass is 35.5. The molecule has 0 radical (unpaired) electrons. The van der Waals surface area contributed by atoms with Gasteiger partial charge in [0.2, 0.25) is 0 Å². The van der Waals surface area contributed by atoms with Crippen molar-refractivity contribution in [1.82, 2.24) is 15.5 Å². The average Bonchev–Trinajstić information content (AvgIpc) is 3.01. The zero-order valence-electron chi connectivity index (χ0n) is 17.9. The second kappa shape index (κ2) is 10.1. The van der Waals surface area contributed by atoms with Crippen molar-refractivity contribution < 1.29 is 14.3 Å². The summed E-state index contributed by atoms with van der Waals surface area (Å²) >= 11 is 12.0. The van der Waals surface area contributed by atoms with Crippen molar-refractivity contribution in [1.29, 1.82) is 0 Å². The van der Waals surface area contributed by atoms with Gasteiger partial charge >= 0.3 is 0 Å². The molecule has 1 unspecified atom stereocenters. The number of fused-ring (bicyclic) bond motifs is 2. The molecule has 2 amide bonds. The zero-order valence-corrected chi connectivity index (χ0v) is 19.5. The lowest BCUT2D eigenvalue weighted by molar-refractivity contribution is -0.124. The number of benzene rings is 2. The number of amides is 2. The molecule has 32 heavy (non-hydrogen) atoms.